The minimum absolute atomic E-state index is 0.125. The first-order valence-electron chi connectivity index (χ1n) is 4.13. The molecule has 0 bridgehead atoms. The Labute approximate surface area is 79.9 Å². The van der Waals surface area contributed by atoms with Crippen LogP contribution in [0.25, 0.3) is 0 Å². The minimum Gasteiger partial charge on any atom is -0.330 e. The van der Waals surface area contributed by atoms with Crippen LogP contribution in [-0.2, 0) is 0 Å². The molecule has 2 nitrogen and oxygen atoms in total. The van der Waals surface area contributed by atoms with Gasteiger partial charge in [0.2, 0.25) is 0 Å². The second-order valence-electron chi connectivity index (χ2n) is 3.13. The first-order chi connectivity index (χ1) is 6.45. The van der Waals surface area contributed by atoms with Gasteiger partial charge in [0.15, 0.2) is 0 Å². The van der Waals surface area contributed by atoms with Crippen LogP contribution in [0.1, 0.15) is 17.0 Å². The highest BCUT2D eigenvalue weighted by Gasteiger charge is 2.39. The molecule has 1 heterocycles. The Morgan fingerprint density at radius 3 is 2.50 bits per heavy atom. The molecule has 1 rings (SSSR count). The van der Waals surface area contributed by atoms with Crippen molar-refractivity contribution in [3.8, 4) is 0 Å². The van der Waals surface area contributed by atoms with Crippen molar-refractivity contribution in [1.29, 1.82) is 0 Å². The molecule has 1 aromatic rings. The van der Waals surface area contributed by atoms with Gasteiger partial charge >= 0.3 is 6.18 Å². The number of nitrogens with two attached hydrogens (primary N) is 1. The molecule has 78 valence electrons. The maximum absolute atomic E-state index is 12.4. The van der Waals surface area contributed by atoms with E-state index in [2.05, 4.69) is 4.98 Å². The van der Waals surface area contributed by atoms with Crippen LogP contribution in [0.15, 0.2) is 18.5 Å². The number of rotatable bonds is 2. The number of pyridine rings is 1. The van der Waals surface area contributed by atoms with E-state index in [1.807, 2.05) is 0 Å². The van der Waals surface area contributed by atoms with Crippen LogP contribution in [0.5, 0.6) is 0 Å². The highest BCUT2D eigenvalue weighted by molar-refractivity contribution is 5.22. The summed E-state index contributed by atoms with van der Waals surface area (Å²) in [5, 5.41) is 0. The van der Waals surface area contributed by atoms with Crippen LogP contribution < -0.4 is 5.73 Å². The van der Waals surface area contributed by atoms with E-state index in [9.17, 15) is 13.2 Å². The average molecular weight is 204 g/mol. The lowest BCUT2D eigenvalue weighted by molar-refractivity contribution is -0.148. The monoisotopic (exact) mass is 204 g/mol. The molecule has 1 aromatic heterocycles. The third kappa shape index (κ3) is 2.45. The summed E-state index contributed by atoms with van der Waals surface area (Å²) in [6.07, 6.45) is -1.59. The Bertz CT molecular complexity index is 309. The van der Waals surface area contributed by atoms with Gasteiger partial charge in [-0.2, -0.15) is 13.2 Å². The summed E-state index contributed by atoms with van der Waals surface area (Å²) in [4.78, 5) is 3.71. The third-order valence-electron chi connectivity index (χ3n) is 1.93. The van der Waals surface area contributed by atoms with Gasteiger partial charge < -0.3 is 5.73 Å². The molecule has 1 atom stereocenters. The third-order valence-corrected chi connectivity index (χ3v) is 1.93. The molecule has 0 fully saturated rings. The van der Waals surface area contributed by atoms with Crippen molar-refractivity contribution in [3.63, 3.8) is 0 Å². The second kappa shape index (κ2) is 3.96. The van der Waals surface area contributed by atoms with Crippen molar-refractivity contribution in [2.75, 3.05) is 6.54 Å². The number of alkyl halides is 3. The number of aryl methyl sites for hydroxylation is 1. The van der Waals surface area contributed by atoms with E-state index >= 15 is 0 Å². The van der Waals surface area contributed by atoms with Crippen LogP contribution in [0.4, 0.5) is 13.2 Å². The Hall–Kier alpha value is -1.10. The predicted molar refractivity (Wildman–Crippen MR) is 46.8 cm³/mol. The van der Waals surface area contributed by atoms with Gasteiger partial charge in [0.25, 0.3) is 0 Å². The van der Waals surface area contributed by atoms with Crippen LogP contribution in [-0.4, -0.2) is 17.7 Å². The van der Waals surface area contributed by atoms with Gasteiger partial charge in [-0.25, -0.2) is 0 Å². The molecule has 0 radical (unpaired) electrons. The van der Waals surface area contributed by atoms with Crippen molar-refractivity contribution in [2.24, 2.45) is 5.73 Å². The smallest absolute Gasteiger partial charge is 0.330 e. The number of hydrogen-bond donors (Lipinski definition) is 1. The predicted octanol–water partition coefficient (Wildman–Crippen LogP) is 1.99. The van der Waals surface area contributed by atoms with Crippen molar-refractivity contribution < 1.29 is 13.2 Å². The topological polar surface area (TPSA) is 38.9 Å². The quantitative estimate of drug-likeness (QED) is 0.800. The number of halogens is 3. The van der Waals surface area contributed by atoms with E-state index in [0.29, 0.717) is 5.56 Å². The lowest BCUT2D eigenvalue weighted by Crippen LogP contribution is -2.28. The summed E-state index contributed by atoms with van der Waals surface area (Å²) in [7, 11) is 0. The van der Waals surface area contributed by atoms with Crippen molar-refractivity contribution in [2.45, 2.75) is 19.0 Å². The standard InChI is InChI=1S/C9H11F3N2/c1-6-2-7(5-14-4-6)8(3-13)9(10,11)12/h2,4-5,8H,3,13H2,1H3. The molecule has 0 aliphatic carbocycles. The summed E-state index contributed by atoms with van der Waals surface area (Å²) >= 11 is 0. The van der Waals surface area contributed by atoms with Gasteiger partial charge in [0.1, 0.15) is 0 Å². The fourth-order valence-electron chi connectivity index (χ4n) is 1.23. The number of hydrogen-bond acceptors (Lipinski definition) is 2. The van der Waals surface area contributed by atoms with E-state index < -0.39 is 18.6 Å². The van der Waals surface area contributed by atoms with Crippen LogP contribution >= 0.6 is 0 Å². The lowest BCUT2D eigenvalue weighted by atomic mass is 9.99. The molecule has 14 heavy (non-hydrogen) atoms. The largest absolute Gasteiger partial charge is 0.397 e. The van der Waals surface area contributed by atoms with Crippen molar-refractivity contribution >= 4 is 0 Å². The van der Waals surface area contributed by atoms with Gasteiger partial charge in [-0.1, -0.05) is 6.07 Å². The molecular weight excluding hydrogens is 193 g/mol. The molecule has 0 aromatic carbocycles. The van der Waals surface area contributed by atoms with Gasteiger partial charge in [0, 0.05) is 18.9 Å². The molecule has 0 saturated heterocycles. The fourth-order valence-corrected chi connectivity index (χ4v) is 1.23. The fraction of sp³-hybridized carbons (Fsp3) is 0.444. The molecule has 0 amide bonds. The molecule has 1 unspecified atom stereocenters. The highest BCUT2D eigenvalue weighted by Crippen LogP contribution is 2.33. The van der Waals surface area contributed by atoms with Gasteiger partial charge in [-0.3, -0.25) is 4.98 Å². The maximum Gasteiger partial charge on any atom is 0.397 e. The van der Waals surface area contributed by atoms with Gasteiger partial charge in [-0.15, -0.1) is 0 Å². The molecule has 0 spiro atoms. The molecule has 2 N–H and O–H groups in total. The Morgan fingerprint density at radius 2 is 2.07 bits per heavy atom. The Balaban J connectivity index is 3.01. The van der Waals surface area contributed by atoms with E-state index in [-0.39, 0.29) is 5.56 Å². The van der Waals surface area contributed by atoms with E-state index in [4.69, 9.17) is 5.73 Å². The summed E-state index contributed by atoms with van der Waals surface area (Å²) in [5.74, 6) is -1.62. The molecule has 0 saturated carbocycles. The molecule has 5 heteroatoms. The zero-order valence-electron chi connectivity index (χ0n) is 7.67. The normalized spacial score (nSPS) is 14.1. The van der Waals surface area contributed by atoms with Crippen LogP contribution in [0, 0.1) is 6.92 Å². The molecule has 0 aliphatic heterocycles. The van der Waals surface area contributed by atoms with Gasteiger partial charge in [-0.05, 0) is 18.1 Å². The van der Waals surface area contributed by atoms with Crippen LogP contribution in [0.3, 0.4) is 0 Å². The van der Waals surface area contributed by atoms with Crippen LogP contribution in [0.2, 0.25) is 0 Å². The summed E-state index contributed by atoms with van der Waals surface area (Å²) in [6, 6.07) is 1.46. The van der Waals surface area contributed by atoms with Crippen molar-refractivity contribution in [3.05, 3.63) is 29.6 Å². The molecular formula is C9H11F3N2. The molecule has 0 aliphatic rings. The summed E-state index contributed by atoms with van der Waals surface area (Å²) in [5.41, 5.74) is 5.92. The SMILES string of the molecule is Cc1cncc(C(CN)C(F)(F)F)c1. The van der Waals surface area contributed by atoms with Gasteiger partial charge in [0.05, 0.1) is 5.92 Å². The maximum atomic E-state index is 12.4. The summed E-state index contributed by atoms with van der Waals surface area (Å²) in [6.45, 7) is 1.25. The second-order valence-corrected chi connectivity index (χ2v) is 3.13. The van der Waals surface area contributed by atoms with E-state index in [1.54, 1.807) is 6.92 Å². The zero-order valence-corrected chi connectivity index (χ0v) is 7.67. The van der Waals surface area contributed by atoms with Crippen molar-refractivity contribution in [1.82, 2.24) is 4.98 Å². The average Bonchev–Trinajstić information content (AvgIpc) is 2.02. The lowest BCUT2D eigenvalue weighted by Gasteiger charge is -2.18. The zero-order chi connectivity index (χ0) is 10.8. The van der Waals surface area contributed by atoms with E-state index in [0.717, 1.165) is 0 Å². The Morgan fingerprint density at radius 1 is 1.43 bits per heavy atom. The number of aromatic nitrogens is 1. The van der Waals surface area contributed by atoms with E-state index in [1.165, 1.54) is 18.5 Å². The minimum atomic E-state index is -4.30. The summed E-state index contributed by atoms with van der Waals surface area (Å²) < 4.78 is 37.3. The first-order valence-corrected chi connectivity index (χ1v) is 4.13. The Kier molecular flexibility index (Phi) is 3.10. The highest BCUT2D eigenvalue weighted by atomic mass is 19.4. The number of nitrogens with zero attached hydrogens (tertiary/aromatic N) is 1. The first kappa shape index (κ1) is 11.0.